The van der Waals surface area contributed by atoms with Crippen LogP contribution in [0.2, 0.25) is 0 Å². The van der Waals surface area contributed by atoms with Crippen molar-refractivity contribution >= 4 is 35.0 Å². The minimum absolute atomic E-state index is 0.0446. The van der Waals surface area contributed by atoms with Crippen LogP contribution < -0.4 is 10.6 Å². The number of carbonyl (C=O) groups is 4. The number of rotatable bonds is 10. The lowest BCUT2D eigenvalue weighted by molar-refractivity contribution is -0.139. The Kier molecular flexibility index (Phi) is 11.0. The van der Waals surface area contributed by atoms with E-state index in [1.54, 1.807) is 35.4 Å². The lowest BCUT2D eigenvalue weighted by atomic mass is 9.95. The number of nitrogens with zero attached hydrogens (tertiary/aromatic N) is 4. The number of alkyl carbamates (subject to hydrolysis) is 2. The van der Waals surface area contributed by atoms with Gasteiger partial charge in [0.25, 0.3) is 5.92 Å². The Morgan fingerprint density at radius 2 is 1.39 bits per heavy atom. The standard InChI is InChI=1S/C48H54F2N8O6/c1-23(2)39(55-46(61)63-6)44(59)57-22-25(5)16-38(57)42-51-21-37(54-42)28-10-14-32-31-13-9-26(18-33(31)48(49,50)34(32)19-28)27-11-15-35-36(20-27)53-43(52-35)41-29-8-12-30(17-29)58(41)45(60)40(24(3)4)56-47(62)64-7/h9-11,13-15,18-21,23-25,29-30,38-41H,8,12,16-17,22H2,1-7H3,(H,51,54)(H,52,53)(H,55,61)(H,56,62)/t25-,29-,30+,38?,39-,40-,41-/m0/s1. The Hall–Kier alpha value is -6.32. The summed E-state index contributed by atoms with van der Waals surface area (Å²) in [6.45, 7) is 10.0. The minimum atomic E-state index is -3.29. The highest BCUT2D eigenvalue weighted by molar-refractivity contribution is 5.89. The number of aromatic nitrogens is 4. The van der Waals surface area contributed by atoms with Crippen molar-refractivity contribution in [2.45, 2.75) is 96.4 Å². The van der Waals surface area contributed by atoms with Gasteiger partial charge in [0.05, 0.1) is 49.2 Å². The van der Waals surface area contributed by atoms with Crippen LogP contribution in [0.4, 0.5) is 18.4 Å². The summed E-state index contributed by atoms with van der Waals surface area (Å²) in [4.78, 5) is 72.1. The maximum atomic E-state index is 16.6. The lowest BCUT2D eigenvalue weighted by Gasteiger charge is -2.37. The number of piperidine rings is 1. The summed E-state index contributed by atoms with van der Waals surface area (Å²) in [5.74, 6) is -2.44. The van der Waals surface area contributed by atoms with Gasteiger partial charge in [0, 0.05) is 29.3 Å². The normalized spacial score (nSPS) is 22.8. The van der Waals surface area contributed by atoms with Gasteiger partial charge in [0.15, 0.2) is 0 Å². The van der Waals surface area contributed by atoms with Crippen LogP contribution in [0.1, 0.15) is 95.2 Å². The number of nitrogens with one attached hydrogen (secondary N) is 4. The second-order valence-electron chi connectivity index (χ2n) is 18.6. The maximum Gasteiger partial charge on any atom is 0.407 e. The molecule has 64 heavy (non-hydrogen) atoms. The summed E-state index contributed by atoms with van der Waals surface area (Å²) in [5, 5.41) is 5.40. The van der Waals surface area contributed by atoms with Crippen LogP contribution in [0.25, 0.3) is 44.5 Å². The third-order valence-electron chi connectivity index (χ3n) is 13.8. The van der Waals surface area contributed by atoms with Crippen LogP contribution in [0.3, 0.4) is 0 Å². The third kappa shape index (κ3) is 7.33. The molecule has 0 radical (unpaired) electrons. The minimum Gasteiger partial charge on any atom is -0.453 e. The van der Waals surface area contributed by atoms with E-state index in [2.05, 4.69) is 32.5 Å². The van der Waals surface area contributed by atoms with E-state index >= 15 is 8.78 Å². The highest BCUT2D eigenvalue weighted by Gasteiger charge is 2.52. The Morgan fingerprint density at radius 3 is 2.05 bits per heavy atom. The van der Waals surface area contributed by atoms with Gasteiger partial charge in [0.2, 0.25) is 11.8 Å². The van der Waals surface area contributed by atoms with Crippen molar-refractivity contribution in [1.29, 1.82) is 0 Å². The molecule has 4 aliphatic rings. The molecule has 7 atom stereocenters. The maximum absolute atomic E-state index is 16.6. The topological polar surface area (TPSA) is 175 Å². The predicted molar refractivity (Wildman–Crippen MR) is 235 cm³/mol. The number of carbonyl (C=O) groups excluding carboxylic acids is 4. The number of alkyl halides is 2. The van der Waals surface area contributed by atoms with E-state index in [9.17, 15) is 19.2 Å². The Balaban J connectivity index is 0.956. The van der Waals surface area contributed by atoms with E-state index in [0.717, 1.165) is 30.3 Å². The van der Waals surface area contributed by atoms with Crippen LogP contribution in [0, 0.1) is 23.7 Å². The SMILES string of the molecule is COC(=O)N[C@H](C(=O)N1C[C@@H](C)CC1c1ncc(-c2ccc3c(c2)C(F)(F)c2cc(-c4ccc5nc([C@@H]6[C@H]7CC[C@H](C7)N6C(=O)[C@@H](NC(=O)OC)C(C)C)[nH]c5c4)ccc2-3)[nH]1)C(C)C. The Bertz CT molecular complexity index is 2660. The van der Waals surface area contributed by atoms with Gasteiger partial charge >= 0.3 is 12.2 Å². The fourth-order valence-electron chi connectivity index (χ4n) is 10.5. The van der Waals surface area contributed by atoms with E-state index < -0.39 is 30.2 Å². The molecule has 336 valence electrons. The summed E-state index contributed by atoms with van der Waals surface area (Å²) in [7, 11) is 2.53. The number of halogens is 2. The number of amides is 4. The molecule has 2 aromatic heterocycles. The van der Waals surface area contributed by atoms with Crippen LogP contribution in [-0.2, 0) is 25.0 Å². The lowest BCUT2D eigenvalue weighted by Crippen LogP contribution is -2.54. The number of imidazole rings is 2. The van der Waals surface area contributed by atoms with Gasteiger partial charge < -0.3 is 39.9 Å². The number of aromatic amines is 2. The van der Waals surface area contributed by atoms with Gasteiger partial charge in [-0.1, -0.05) is 65.0 Å². The number of ether oxygens (including phenoxy) is 2. The Labute approximate surface area is 369 Å². The second kappa shape index (κ2) is 16.3. The molecule has 2 aliphatic heterocycles. The number of hydrogen-bond donors (Lipinski definition) is 4. The largest absolute Gasteiger partial charge is 0.453 e. The molecule has 4 heterocycles. The number of benzene rings is 3. The molecule has 16 heteroatoms. The number of hydrogen-bond acceptors (Lipinski definition) is 8. The van der Waals surface area contributed by atoms with Gasteiger partial charge in [-0.3, -0.25) is 9.59 Å². The summed E-state index contributed by atoms with van der Waals surface area (Å²) in [6, 6.07) is 13.7. The highest BCUT2D eigenvalue weighted by Crippen LogP contribution is 2.53. The molecule has 2 bridgehead atoms. The number of fused-ring (bicyclic) bond motifs is 6. The zero-order valence-electron chi connectivity index (χ0n) is 37.0. The molecular formula is C48H54F2N8O6. The van der Waals surface area contributed by atoms with Crippen molar-refractivity contribution in [2.75, 3.05) is 20.8 Å². The first-order valence-corrected chi connectivity index (χ1v) is 22.1. The number of methoxy groups -OCH3 is 2. The van der Waals surface area contributed by atoms with Gasteiger partial charge in [-0.25, -0.2) is 19.6 Å². The fourth-order valence-corrected chi connectivity index (χ4v) is 10.5. The van der Waals surface area contributed by atoms with Gasteiger partial charge in [-0.15, -0.1) is 0 Å². The molecular weight excluding hydrogens is 823 g/mol. The zero-order valence-corrected chi connectivity index (χ0v) is 37.0. The Morgan fingerprint density at radius 1 is 0.781 bits per heavy atom. The highest BCUT2D eigenvalue weighted by atomic mass is 19.3. The van der Waals surface area contributed by atoms with Gasteiger partial charge in [-0.05, 0) is 95.9 Å². The van der Waals surface area contributed by atoms with Crippen LogP contribution in [0.15, 0.2) is 60.8 Å². The third-order valence-corrected chi connectivity index (χ3v) is 13.8. The average molecular weight is 877 g/mol. The van der Waals surface area contributed by atoms with E-state index in [1.165, 1.54) is 20.3 Å². The molecule has 1 unspecified atom stereocenters. The average Bonchev–Trinajstić information content (AvgIpc) is 4.15. The van der Waals surface area contributed by atoms with E-state index in [4.69, 9.17) is 14.5 Å². The zero-order chi connectivity index (χ0) is 45.4. The molecule has 0 spiro atoms. The second-order valence-corrected chi connectivity index (χ2v) is 18.6. The molecule has 5 aromatic rings. The van der Waals surface area contributed by atoms with E-state index in [0.29, 0.717) is 58.1 Å². The van der Waals surface area contributed by atoms with Crippen molar-refractivity contribution in [3.63, 3.8) is 0 Å². The molecule has 3 fully saturated rings. The van der Waals surface area contributed by atoms with Crippen molar-refractivity contribution in [3.05, 3.63) is 83.6 Å². The molecule has 3 aromatic carbocycles. The van der Waals surface area contributed by atoms with E-state index in [1.807, 2.05) is 56.9 Å². The van der Waals surface area contributed by atoms with Crippen LogP contribution in [-0.4, -0.2) is 92.6 Å². The number of likely N-dealkylation sites (tertiary alicyclic amines) is 2. The molecule has 4 amide bonds. The quantitative estimate of drug-likeness (QED) is 0.108. The molecule has 9 rings (SSSR count). The molecule has 4 N–H and O–H groups in total. The van der Waals surface area contributed by atoms with Crippen molar-refractivity contribution in [3.8, 4) is 33.5 Å². The molecule has 2 aliphatic carbocycles. The first-order chi connectivity index (χ1) is 30.6. The van der Waals surface area contributed by atoms with Crippen LogP contribution >= 0.6 is 0 Å². The predicted octanol–water partition coefficient (Wildman–Crippen LogP) is 8.46. The molecule has 1 saturated carbocycles. The van der Waals surface area contributed by atoms with Crippen LogP contribution in [0.5, 0.6) is 0 Å². The molecule has 14 nitrogen and oxygen atoms in total. The van der Waals surface area contributed by atoms with E-state index in [-0.39, 0.29) is 64.7 Å². The summed E-state index contributed by atoms with van der Waals surface area (Å²) >= 11 is 0. The first kappa shape index (κ1) is 43.0. The smallest absolute Gasteiger partial charge is 0.407 e. The molecule has 2 saturated heterocycles. The summed E-state index contributed by atoms with van der Waals surface area (Å²) < 4.78 is 42.8. The fraction of sp³-hybridized carbons (Fsp3) is 0.458. The van der Waals surface area contributed by atoms with Gasteiger partial charge in [0.1, 0.15) is 23.7 Å². The van der Waals surface area contributed by atoms with Crippen molar-refractivity contribution in [2.24, 2.45) is 23.7 Å². The van der Waals surface area contributed by atoms with Crippen molar-refractivity contribution < 1.29 is 37.4 Å². The van der Waals surface area contributed by atoms with Gasteiger partial charge in [-0.2, -0.15) is 8.78 Å². The summed E-state index contributed by atoms with van der Waals surface area (Å²) in [6.07, 6.45) is 3.63. The number of H-pyrrole nitrogens is 2. The monoisotopic (exact) mass is 876 g/mol. The first-order valence-electron chi connectivity index (χ1n) is 22.1. The van der Waals surface area contributed by atoms with Crippen molar-refractivity contribution in [1.82, 2.24) is 40.4 Å². The summed E-state index contributed by atoms with van der Waals surface area (Å²) in [5.41, 5.74) is 4.61.